The van der Waals surface area contributed by atoms with Crippen LogP contribution >= 0.6 is 12.2 Å². The molecule has 6 heteroatoms. The molecule has 1 aromatic heterocycles. The fourth-order valence-corrected chi connectivity index (χ4v) is 3.85. The summed E-state index contributed by atoms with van der Waals surface area (Å²) in [4.78, 5) is 18.1. The van der Waals surface area contributed by atoms with E-state index in [1.54, 1.807) is 10.8 Å². The molecule has 0 saturated carbocycles. The Labute approximate surface area is 160 Å². The number of H-pyrrole nitrogens is 1. The van der Waals surface area contributed by atoms with Crippen LogP contribution in [0, 0.1) is 4.77 Å². The average molecular weight is 373 g/mol. The van der Waals surface area contributed by atoms with Crippen LogP contribution in [0.1, 0.15) is 49.5 Å². The third kappa shape index (κ3) is 4.62. The molecular formula is C20H28N4OS. The van der Waals surface area contributed by atoms with Crippen molar-refractivity contribution in [1.82, 2.24) is 19.8 Å². The molecule has 1 unspecified atom stereocenters. The average Bonchev–Trinajstić information content (AvgIpc) is 3.05. The summed E-state index contributed by atoms with van der Waals surface area (Å²) in [6.45, 7) is 5.35. The van der Waals surface area contributed by atoms with Crippen LogP contribution in [0.4, 0.5) is 0 Å². The molecule has 1 aliphatic heterocycles. The summed E-state index contributed by atoms with van der Waals surface area (Å²) in [6.07, 6.45) is 7.77. The number of amides is 1. The van der Waals surface area contributed by atoms with E-state index in [-0.39, 0.29) is 5.91 Å². The summed E-state index contributed by atoms with van der Waals surface area (Å²) in [5.41, 5.74) is 1.44. The second kappa shape index (κ2) is 9.14. The lowest BCUT2D eigenvalue weighted by Gasteiger charge is -2.33. The van der Waals surface area contributed by atoms with Gasteiger partial charge in [0.15, 0.2) is 4.77 Å². The van der Waals surface area contributed by atoms with Crippen LogP contribution in [0.25, 0.3) is 5.69 Å². The molecule has 1 amide bonds. The van der Waals surface area contributed by atoms with Crippen molar-refractivity contribution in [3.05, 3.63) is 47.0 Å². The van der Waals surface area contributed by atoms with Crippen LogP contribution in [-0.2, 0) is 0 Å². The second-order valence-corrected chi connectivity index (χ2v) is 7.38. The van der Waals surface area contributed by atoms with E-state index in [0.29, 0.717) is 23.1 Å². The number of unbranched alkanes of at least 4 members (excludes halogenated alkanes) is 1. The van der Waals surface area contributed by atoms with Gasteiger partial charge in [-0.15, -0.1) is 0 Å². The van der Waals surface area contributed by atoms with Gasteiger partial charge >= 0.3 is 0 Å². The molecule has 0 spiro atoms. The molecule has 1 aromatic carbocycles. The highest BCUT2D eigenvalue weighted by Crippen LogP contribution is 2.16. The van der Waals surface area contributed by atoms with Crippen molar-refractivity contribution < 1.29 is 4.79 Å². The molecule has 2 aromatic rings. The molecular weight excluding hydrogens is 344 g/mol. The van der Waals surface area contributed by atoms with Gasteiger partial charge < -0.3 is 15.2 Å². The van der Waals surface area contributed by atoms with Crippen LogP contribution in [-0.4, -0.2) is 46.0 Å². The number of carbonyl (C=O) groups is 1. The van der Waals surface area contributed by atoms with Gasteiger partial charge in [0, 0.05) is 24.5 Å². The maximum atomic E-state index is 12.6. The summed E-state index contributed by atoms with van der Waals surface area (Å²) >= 11 is 5.33. The van der Waals surface area contributed by atoms with Gasteiger partial charge in [0.2, 0.25) is 0 Å². The second-order valence-electron chi connectivity index (χ2n) is 6.99. The van der Waals surface area contributed by atoms with Crippen molar-refractivity contribution in [3.63, 3.8) is 0 Å². The van der Waals surface area contributed by atoms with E-state index in [1.807, 2.05) is 30.3 Å². The zero-order valence-corrected chi connectivity index (χ0v) is 16.2. The number of likely N-dealkylation sites (tertiary alicyclic amines) is 1. The van der Waals surface area contributed by atoms with Crippen molar-refractivity contribution in [2.24, 2.45) is 0 Å². The molecule has 0 bridgehead atoms. The zero-order valence-electron chi connectivity index (χ0n) is 15.4. The topological polar surface area (TPSA) is 53.1 Å². The van der Waals surface area contributed by atoms with E-state index in [4.69, 9.17) is 12.2 Å². The minimum atomic E-state index is -0.0902. The summed E-state index contributed by atoms with van der Waals surface area (Å²) in [7, 11) is 0. The van der Waals surface area contributed by atoms with E-state index >= 15 is 0 Å². The molecule has 1 atom stereocenters. The highest BCUT2D eigenvalue weighted by atomic mass is 32.1. The smallest absolute Gasteiger partial charge is 0.269 e. The Morgan fingerprint density at radius 3 is 2.85 bits per heavy atom. The lowest BCUT2D eigenvalue weighted by Crippen LogP contribution is -2.38. The lowest BCUT2D eigenvalue weighted by atomic mass is 10.0. The van der Waals surface area contributed by atoms with Gasteiger partial charge in [-0.1, -0.05) is 24.6 Å². The normalized spacial score (nSPS) is 18.0. The Balaban J connectivity index is 1.49. The van der Waals surface area contributed by atoms with Crippen LogP contribution in [0.15, 0.2) is 36.5 Å². The molecule has 5 nitrogen and oxygen atoms in total. The number of hydrogen-bond donors (Lipinski definition) is 2. The Bertz CT molecular complexity index is 768. The van der Waals surface area contributed by atoms with Gasteiger partial charge in [0.05, 0.1) is 0 Å². The number of aromatic amines is 1. The number of rotatable bonds is 7. The van der Waals surface area contributed by atoms with E-state index in [9.17, 15) is 4.79 Å². The van der Waals surface area contributed by atoms with Gasteiger partial charge in [-0.3, -0.25) is 9.36 Å². The zero-order chi connectivity index (χ0) is 18.4. The van der Waals surface area contributed by atoms with E-state index < -0.39 is 0 Å². The molecule has 0 radical (unpaired) electrons. The predicted molar refractivity (Wildman–Crippen MR) is 107 cm³/mol. The molecule has 140 valence electrons. The number of benzene rings is 1. The minimum Gasteiger partial charge on any atom is -0.351 e. The monoisotopic (exact) mass is 372 g/mol. The van der Waals surface area contributed by atoms with Gasteiger partial charge in [-0.05, 0) is 70.0 Å². The summed E-state index contributed by atoms with van der Waals surface area (Å²) in [5.74, 6) is -0.0902. The third-order valence-electron chi connectivity index (χ3n) is 5.12. The minimum absolute atomic E-state index is 0.0902. The quantitative estimate of drug-likeness (QED) is 0.572. The summed E-state index contributed by atoms with van der Waals surface area (Å²) in [6, 6.07) is 10.4. The molecule has 3 rings (SSSR count). The van der Waals surface area contributed by atoms with E-state index in [0.717, 1.165) is 25.1 Å². The standard InChI is InChI=1S/C20H28N4OS/c1-16-9-5-7-13-23(16)14-8-6-12-21-19(25)18-15-22-20(26)24(18)17-10-3-2-4-11-17/h2-4,10-11,15-16H,5-9,12-14H2,1H3,(H,21,25)(H,22,26). The van der Waals surface area contributed by atoms with Crippen molar-refractivity contribution >= 4 is 18.1 Å². The van der Waals surface area contributed by atoms with E-state index in [1.165, 1.54) is 25.8 Å². The Hall–Kier alpha value is -1.92. The summed E-state index contributed by atoms with van der Waals surface area (Å²) < 4.78 is 2.31. The van der Waals surface area contributed by atoms with Crippen LogP contribution in [0.3, 0.4) is 0 Å². The number of hydrogen-bond acceptors (Lipinski definition) is 3. The van der Waals surface area contributed by atoms with Gasteiger partial charge in [0.1, 0.15) is 5.69 Å². The SMILES string of the molecule is CC1CCCCN1CCCCNC(=O)c1c[nH]c(=S)n1-c1ccccc1. The molecule has 26 heavy (non-hydrogen) atoms. The molecule has 1 saturated heterocycles. The van der Waals surface area contributed by atoms with Crippen LogP contribution in [0.5, 0.6) is 0 Å². The molecule has 2 heterocycles. The highest BCUT2D eigenvalue weighted by Gasteiger charge is 2.17. The van der Waals surface area contributed by atoms with Crippen molar-refractivity contribution in [2.75, 3.05) is 19.6 Å². The Morgan fingerprint density at radius 2 is 2.08 bits per heavy atom. The fourth-order valence-electron chi connectivity index (χ4n) is 3.59. The first kappa shape index (κ1) is 18.9. The van der Waals surface area contributed by atoms with Gasteiger partial charge in [-0.2, -0.15) is 0 Å². The number of carbonyl (C=O) groups excluding carboxylic acids is 1. The number of piperidine rings is 1. The van der Waals surface area contributed by atoms with E-state index in [2.05, 4.69) is 22.1 Å². The molecule has 0 aliphatic carbocycles. The first-order valence-electron chi connectivity index (χ1n) is 9.55. The largest absolute Gasteiger partial charge is 0.351 e. The van der Waals surface area contributed by atoms with Crippen molar-refractivity contribution in [3.8, 4) is 5.69 Å². The number of imidazole rings is 1. The van der Waals surface area contributed by atoms with Crippen molar-refractivity contribution in [1.29, 1.82) is 0 Å². The lowest BCUT2D eigenvalue weighted by molar-refractivity contribution is 0.0944. The van der Waals surface area contributed by atoms with Gasteiger partial charge in [-0.25, -0.2) is 0 Å². The molecule has 1 aliphatic rings. The Kier molecular flexibility index (Phi) is 6.63. The third-order valence-corrected chi connectivity index (χ3v) is 5.42. The first-order valence-corrected chi connectivity index (χ1v) is 9.96. The Morgan fingerprint density at radius 1 is 1.27 bits per heavy atom. The van der Waals surface area contributed by atoms with Crippen LogP contribution in [0.2, 0.25) is 0 Å². The van der Waals surface area contributed by atoms with Gasteiger partial charge in [0.25, 0.3) is 5.91 Å². The van der Waals surface area contributed by atoms with Crippen LogP contribution < -0.4 is 5.32 Å². The first-order chi connectivity index (χ1) is 12.7. The maximum absolute atomic E-state index is 12.6. The number of nitrogens with zero attached hydrogens (tertiary/aromatic N) is 2. The maximum Gasteiger partial charge on any atom is 0.269 e. The predicted octanol–water partition coefficient (Wildman–Crippen LogP) is 3.92. The molecule has 2 N–H and O–H groups in total. The highest BCUT2D eigenvalue weighted by molar-refractivity contribution is 7.71. The number of para-hydroxylation sites is 1. The number of aromatic nitrogens is 2. The molecule has 1 fully saturated rings. The fraction of sp³-hybridized carbons (Fsp3) is 0.500. The summed E-state index contributed by atoms with van der Waals surface area (Å²) in [5, 5.41) is 3.03. The van der Waals surface area contributed by atoms with Crippen molar-refractivity contribution in [2.45, 2.75) is 45.1 Å². The number of nitrogens with one attached hydrogen (secondary N) is 2.